The van der Waals surface area contributed by atoms with Crippen LogP contribution in [0.25, 0.3) is 0 Å². The molecule has 130 valence electrons. The van der Waals surface area contributed by atoms with E-state index in [1.807, 2.05) is 18.2 Å². The van der Waals surface area contributed by atoms with Crippen molar-refractivity contribution >= 4 is 0 Å². The van der Waals surface area contributed by atoms with Gasteiger partial charge in [-0.3, -0.25) is 0 Å². The highest BCUT2D eigenvalue weighted by Crippen LogP contribution is 2.28. The first-order valence-electron chi connectivity index (χ1n) is 8.33. The van der Waals surface area contributed by atoms with Gasteiger partial charge < -0.3 is 14.8 Å². The van der Waals surface area contributed by atoms with Crippen molar-refractivity contribution in [1.82, 2.24) is 5.32 Å². The molecule has 0 saturated heterocycles. The van der Waals surface area contributed by atoms with Gasteiger partial charge in [-0.25, -0.2) is 4.39 Å². The van der Waals surface area contributed by atoms with Crippen LogP contribution in [0.15, 0.2) is 42.5 Å². The third-order valence-electron chi connectivity index (χ3n) is 3.76. The van der Waals surface area contributed by atoms with Crippen molar-refractivity contribution in [2.75, 3.05) is 13.7 Å². The molecule has 0 heterocycles. The van der Waals surface area contributed by atoms with Crippen LogP contribution in [0.4, 0.5) is 4.39 Å². The Morgan fingerprint density at radius 2 is 1.71 bits per heavy atom. The molecule has 2 aromatic carbocycles. The monoisotopic (exact) mass is 331 g/mol. The molecule has 0 aliphatic carbocycles. The van der Waals surface area contributed by atoms with Crippen LogP contribution < -0.4 is 14.8 Å². The second-order valence-corrected chi connectivity index (χ2v) is 6.26. The first-order valence-corrected chi connectivity index (χ1v) is 8.33. The lowest BCUT2D eigenvalue weighted by Crippen LogP contribution is -2.16. The molecule has 0 spiro atoms. The maximum atomic E-state index is 12.9. The molecule has 2 rings (SSSR count). The van der Waals surface area contributed by atoms with E-state index in [1.54, 1.807) is 19.2 Å². The van der Waals surface area contributed by atoms with Crippen molar-refractivity contribution < 1.29 is 13.9 Å². The molecule has 0 radical (unpaired) electrons. The maximum Gasteiger partial charge on any atom is 0.161 e. The van der Waals surface area contributed by atoms with E-state index >= 15 is 0 Å². The highest BCUT2D eigenvalue weighted by atomic mass is 19.1. The maximum absolute atomic E-state index is 12.9. The molecule has 3 nitrogen and oxygen atoms in total. The third kappa shape index (κ3) is 5.85. The van der Waals surface area contributed by atoms with E-state index in [0.717, 1.165) is 30.6 Å². The molecule has 2 aromatic rings. The Labute approximate surface area is 143 Å². The average Bonchev–Trinajstić information content (AvgIpc) is 2.58. The average molecular weight is 331 g/mol. The summed E-state index contributed by atoms with van der Waals surface area (Å²) in [5.41, 5.74) is 2.07. The number of benzene rings is 2. The second kappa shape index (κ2) is 9.28. The van der Waals surface area contributed by atoms with Crippen LogP contribution in [0, 0.1) is 11.7 Å². The summed E-state index contributed by atoms with van der Waals surface area (Å²) in [7, 11) is 1.63. The summed E-state index contributed by atoms with van der Waals surface area (Å²) in [4.78, 5) is 0. The zero-order chi connectivity index (χ0) is 17.4. The molecule has 0 bridgehead atoms. The largest absolute Gasteiger partial charge is 0.493 e. The molecule has 0 amide bonds. The van der Waals surface area contributed by atoms with E-state index in [0.29, 0.717) is 24.0 Å². The minimum atomic E-state index is -0.245. The minimum Gasteiger partial charge on any atom is -0.493 e. The molecular weight excluding hydrogens is 305 g/mol. The van der Waals surface area contributed by atoms with Crippen molar-refractivity contribution in [3.05, 3.63) is 59.4 Å². The second-order valence-electron chi connectivity index (χ2n) is 6.26. The standard InChI is InChI=1S/C20H26FNO2/c1-15(2)10-11-22-13-17-6-9-19(20(12-17)23-3)24-14-16-4-7-18(21)8-5-16/h4-9,12,15,22H,10-11,13-14H2,1-3H3. The van der Waals surface area contributed by atoms with Gasteiger partial charge in [-0.1, -0.05) is 32.0 Å². The molecule has 24 heavy (non-hydrogen) atoms. The van der Waals surface area contributed by atoms with Gasteiger partial charge in [0.15, 0.2) is 11.5 Å². The summed E-state index contributed by atoms with van der Waals surface area (Å²) in [6.45, 7) is 6.63. The number of halogens is 1. The Kier molecular flexibility index (Phi) is 7.07. The van der Waals surface area contributed by atoms with Crippen LogP contribution in [0.5, 0.6) is 11.5 Å². The number of rotatable bonds is 9. The van der Waals surface area contributed by atoms with E-state index in [1.165, 1.54) is 12.1 Å². The van der Waals surface area contributed by atoms with Gasteiger partial charge in [0.2, 0.25) is 0 Å². The molecule has 0 aliphatic rings. The molecule has 0 aromatic heterocycles. The van der Waals surface area contributed by atoms with Gasteiger partial charge in [0, 0.05) is 6.54 Å². The minimum absolute atomic E-state index is 0.245. The summed E-state index contributed by atoms with van der Waals surface area (Å²) >= 11 is 0. The number of methoxy groups -OCH3 is 1. The Hall–Kier alpha value is -2.07. The van der Waals surface area contributed by atoms with Crippen molar-refractivity contribution in [3.8, 4) is 11.5 Å². The van der Waals surface area contributed by atoms with Crippen LogP contribution in [0.2, 0.25) is 0 Å². The topological polar surface area (TPSA) is 30.5 Å². The summed E-state index contributed by atoms with van der Waals surface area (Å²) in [6, 6.07) is 12.2. The van der Waals surface area contributed by atoms with Gasteiger partial charge in [-0.15, -0.1) is 0 Å². The fraction of sp³-hybridized carbons (Fsp3) is 0.400. The predicted octanol–water partition coefficient (Wildman–Crippen LogP) is 4.55. The Morgan fingerprint density at radius 1 is 1.00 bits per heavy atom. The molecule has 0 atom stereocenters. The van der Waals surface area contributed by atoms with Crippen molar-refractivity contribution in [1.29, 1.82) is 0 Å². The van der Waals surface area contributed by atoms with E-state index in [9.17, 15) is 4.39 Å². The number of hydrogen-bond donors (Lipinski definition) is 1. The number of hydrogen-bond acceptors (Lipinski definition) is 3. The zero-order valence-electron chi connectivity index (χ0n) is 14.6. The fourth-order valence-corrected chi connectivity index (χ4v) is 2.31. The lowest BCUT2D eigenvalue weighted by Gasteiger charge is -2.13. The van der Waals surface area contributed by atoms with Crippen LogP contribution >= 0.6 is 0 Å². The van der Waals surface area contributed by atoms with Crippen LogP contribution in [0.1, 0.15) is 31.4 Å². The van der Waals surface area contributed by atoms with Gasteiger partial charge in [0.1, 0.15) is 12.4 Å². The van der Waals surface area contributed by atoms with Gasteiger partial charge in [0.25, 0.3) is 0 Å². The summed E-state index contributed by atoms with van der Waals surface area (Å²) in [5.74, 6) is 1.85. The Balaban J connectivity index is 1.91. The lowest BCUT2D eigenvalue weighted by molar-refractivity contribution is 0.284. The molecule has 0 unspecified atom stereocenters. The molecule has 1 N–H and O–H groups in total. The first kappa shape index (κ1) is 18.3. The molecule has 0 aliphatic heterocycles. The van der Waals surface area contributed by atoms with E-state index in [4.69, 9.17) is 9.47 Å². The fourth-order valence-electron chi connectivity index (χ4n) is 2.31. The smallest absolute Gasteiger partial charge is 0.161 e. The summed E-state index contributed by atoms with van der Waals surface area (Å²) in [5, 5.41) is 3.44. The van der Waals surface area contributed by atoms with Crippen molar-refractivity contribution in [2.45, 2.75) is 33.4 Å². The predicted molar refractivity (Wildman–Crippen MR) is 94.9 cm³/mol. The Bertz CT molecular complexity index is 626. The van der Waals surface area contributed by atoms with E-state index in [2.05, 4.69) is 19.2 Å². The van der Waals surface area contributed by atoms with Crippen LogP contribution in [-0.2, 0) is 13.2 Å². The van der Waals surface area contributed by atoms with Crippen LogP contribution in [-0.4, -0.2) is 13.7 Å². The van der Waals surface area contributed by atoms with Gasteiger partial charge in [-0.05, 0) is 54.3 Å². The first-order chi connectivity index (χ1) is 11.6. The molecule has 0 saturated carbocycles. The third-order valence-corrected chi connectivity index (χ3v) is 3.76. The van der Waals surface area contributed by atoms with Crippen molar-refractivity contribution in [2.24, 2.45) is 5.92 Å². The Morgan fingerprint density at radius 3 is 2.38 bits per heavy atom. The number of nitrogens with one attached hydrogen (secondary N) is 1. The number of ether oxygens (including phenoxy) is 2. The highest BCUT2D eigenvalue weighted by molar-refractivity contribution is 5.43. The summed E-state index contributed by atoms with van der Waals surface area (Å²) < 4.78 is 24.1. The normalized spacial score (nSPS) is 10.9. The van der Waals surface area contributed by atoms with Gasteiger partial charge >= 0.3 is 0 Å². The van der Waals surface area contributed by atoms with Gasteiger partial charge in [0.05, 0.1) is 7.11 Å². The highest BCUT2D eigenvalue weighted by Gasteiger charge is 2.06. The molecule has 0 fully saturated rings. The lowest BCUT2D eigenvalue weighted by atomic mass is 10.1. The quantitative estimate of drug-likeness (QED) is 0.684. The summed E-state index contributed by atoms with van der Waals surface area (Å²) in [6.07, 6.45) is 1.16. The zero-order valence-corrected chi connectivity index (χ0v) is 14.6. The van der Waals surface area contributed by atoms with Gasteiger partial charge in [-0.2, -0.15) is 0 Å². The molecular formula is C20H26FNO2. The van der Waals surface area contributed by atoms with E-state index < -0.39 is 0 Å². The molecule has 4 heteroatoms. The SMILES string of the molecule is COc1cc(CNCCC(C)C)ccc1OCc1ccc(F)cc1. The van der Waals surface area contributed by atoms with E-state index in [-0.39, 0.29) is 5.82 Å². The van der Waals surface area contributed by atoms with Crippen molar-refractivity contribution in [3.63, 3.8) is 0 Å². The van der Waals surface area contributed by atoms with Crippen LogP contribution in [0.3, 0.4) is 0 Å².